The summed E-state index contributed by atoms with van der Waals surface area (Å²) in [6, 6.07) is -0.276. The van der Waals surface area contributed by atoms with Gasteiger partial charge in [-0.1, -0.05) is 0 Å². The van der Waals surface area contributed by atoms with Crippen molar-refractivity contribution in [3.05, 3.63) is 22.5 Å². The van der Waals surface area contributed by atoms with E-state index < -0.39 is 0 Å². The zero-order valence-corrected chi connectivity index (χ0v) is 15.0. The van der Waals surface area contributed by atoms with Crippen LogP contribution in [0.4, 0.5) is 0 Å². The first-order valence-electron chi connectivity index (χ1n) is 8.57. The molecule has 2 heterocycles. The monoisotopic (exact) mass is 336 g/mol. The number of aryl methyl sites for hydroxylation is 1. The number of rotatable bonds is 7. The Hall–Kier alpha value is -1.50. The summed E-state index contributed by atoms with van der Waals surface area (Å²) in [6.07, 6.45) is 1.97. The lowest BCUT2D eigenvalue weighted by Crippen LogP contribution is -2.47. The van der Waals surface area contributed by atoms with Crippen molar-refractivity contribution < 1.29 is 19.4 Å². The lowest BCUT2D eigenvalue weighted by molar-refractivity contribution is -0.0207. The minimum Gasteiger partial charge on any atom is -0.394 e. The van der Waals surface area contributed by atoms with Gasteiger partial charge in [-0.05, 0) is 52.6 Å². The standard InChI is InChI=1S/C18H28N2O4/c1-11-16(14(4)22)12(2)19-17(11)18(23)13(3)20-7-5-6-15(10-20)24-9-8-21/h13,15,19,21H,5-10H2,1-4H3/t13-,15+/m0/s1. The number of likely N-dealkylation sites (tertiary alicyclic amines) is 1. The fourth-order valence-corrected chi connectivity index (χ4v) is 3.57. The summed E-state index contributed by atoms with van der Waals surface area (Å²) < 4.78 is 5.62. The average molecular weight is 336 g/mol. The van der Waals surface area contributed by atoms with Gasteiger partial charge in [0.1, 0.15) is 0 Å². The summed E-state index contributed by atoms with van der Waals surface area (Å²) >= 11 is 0. The van der Waals surface area contributed by atoms with Crippen LogP contribution in [0.1, 0.15) is 58.8 Å². The highest BCUT2D eigenvalue weighted by Crippen LogP contribution is 2.23. The molecule has 6 nitrogen and oxygen atoms in total. The number of carbonyl (C=O) groups is 2. The van der Waals surface area contributed by atoms with Crippen LogP contribution in [0.5, 0.6) is 0 Å². The van der Waals surface area contributed by atoms with E-state index in [1.807, 2.05) is 20.8 Å². The second-order valence-electron chi connectivity index (χ2n) is 6.57. The fourth-order valence-electron chi connectivity index (χ4n) is 3.57. The molecule has 24 heavy (non-hydrogen) atoms. The molecular formula is C18H28N2O4. The molecule has 1 aliphatic heterocycles. The molecule has 2 atom stereocenters. The number of aromatic amines is 1. The first-order chi connectivity index (χ1) is 11.4. The lowest BCUT2D eigenvalue weighted by atomic mass is 10.00. The van der Waals surface area contributed by atoms with Crippen molar-refractivity contribution in [2.75, 3.05) is 26.3 Å². The van der Waals surface area contributed by atoms with E-state index in [0.717, 1.165) is 30.6 Å². The van der Waals surface area contributed by atoms with E-state index >= 15 is 0 Å². The van der Waals surface area contributed by atoms with Crippen LogP contribution in [0.3, 0.4) is 0 Å². The van der Waals surface area contributed by atoms with E-state index in [0.29, 0.717) is 24.4 Å². The van der Waals surface area contributed by atoms with Gasteiger partial charge in [-0.25, -0.2) is 0 Å². The molecule has 0 aliphatic carbocycles. The molecule has 0 amide bonds. The summed E-state index contributed by atoms with van der Waals surface area (Å²) in [5.41, 5.74) is 2.64. The number of piperidine rings is 1. The van der Waals surface area contributed by atoms with E-state index in [1.54, 1.807) is 0 Å². The van der Waals surface area contributed by atoms with Crippen molar-refractivity contribution in [3.8, 4) is 0 Å². The summed E-state index contributed by atoms with van der Waals surface area (Å²) in [7, 11) is 0. The third-order valence-electron chi connectivity index (χ3n) is 4.82. The second-order valence-corrected chi connectivity index (χ2v) is 6.57. The first kappa shape index (κ1) is 18.8. The highest BCUT2D eigenvalue weighted by molar-refractivity contribution is 6.05. The minimum atomic E-state index is -0.276. The van der Waals surface area contributed by atoms with E-state index in [2.05, 4.69) is 9.88 Å². The molecule has 0 spiro atoms. The van der Waals surface area contributed by atoms with Gasteiger partial charge in [0.25, 0.3) is 0 Å². The highest BCUT2D eigenvalue weighted by Gasteiger charge is 2.30. The number of ketones is 2. The molecule has 1 aliphatic rings. The molecule has 1 aromatic heterocycles. The van der Waals surface area contributed by atoms with Crippen LogP contribution in [-0.4, -0.2) is 65.0 Å². The van der Waals surface area contributed by atoms with Gasteiger partial charge in [-0.3, -0.25) is 14.5 Å². The quantitative estimate of drug-likeness (QED) is 0.743. The fraction of sp³-hybridized carbons (Fsp3) is 0.667. The second kappa shape index (κ2) is 8.05. The normalized spacial score (nSPS) is 20.1. The third-order valence-corrected chi connectivity index (χ3v) is 4.82. The number of hydrogen-bond acceptors (Lipinski definition) is 5. The Kier molecular flexibility index (Phi) is 6.32. The number of H-pyrrole nitrogens is 1. The van der Waals surface area contributed by atoms with Crippen molar-refractivity contribution in [1.82, 2.24) is 9.88 Å². The number of ether oxygens (including phenoxy) is 1. The lowest BCUT2D eigenvalue weighted by Gasteiger charge is -2.35. The number of aromatic nitrogens is 1. The largest absolute Gasteiger partial charge is 0.394 e. The van der Waals surface area contributed by atoms with E-state index in [4.69, 9.17) is 9.84 Å². The number of aliphatic hydroxyl groups is 1. The van der Waals surface area contributed by atoms with E-state index in [9.17, 15) is 9.59 Å². The van der Waals surface area contributed by atoms with Gasteiger partial charge in [0, 0.05) is 17.8 Å². The molecule has 134 valence electrons. The molecule has 6 heteroatoms. The number of carbonyl (C=O) groups excluding carboxylic acids is 2. The van der Waals surface area contributed by atoms with Crippen molar-refractivity contribution in [3.63, 3.8) is 0 Å². The van der Waals surface area contributed by atoms with Crippen molar-refractivity contribution in [2.45, 2.75) is 52.7 Å². The Bertz CT molecular complexity index is 608. The van der Waals surface area contributed by atoms with Gasteiger partial charge in [0.05, 0.1) is 31.1 Å². The third kappa shape index (κ3) is 3.94. The maximum atomic E-state index is 12.9. The predicted molar refractivity (Wildman–Crippen MR) is 91.7 cm³/mol. The molecular weight excluding hydrogens is 308 g/mol. The van der Waals surface area contributed by atoms with Crippen molar-refractivity contribution in [1.29, 1.82) is 0 Å². The highest BCUT2D eigenvalue weighted by atomic mass is 16.5. The average Bonchev–Trinajstić information content (AvgIpc) is 2.86. The molecule has 0 bridgehead atoms. The molecule has 0 unspecified atom stereocenters. The van der Waals surface area contributed by atoms with Crippen LogP contribution in [0.25, 0.3) is 0 Å². The zero-order valence-electron chi connectivity index (χ0n) is 15.0. The van der Waals surface area contributed by atoms with Crippen molar-refractivity contribution in [2.24, 2.45) is 0 Å². The van der Waals surface area contributed by atoms with Crippen molar-refractivity contribution >= 4 is 11.6 Å². The van der Waals surface area contributed by atoms with Gasteiger partial charge in [0.2, 0.25) is 0 Å². The number of Topliss-reactive ketones (excluding diaryl/α,β-unsaturated/α-hetero) is 2. The summed E-state index contributed by atoms with van der Waals surface area (Å²) in [5.74, 6) is -0.0192. The molecule has 2 rings (SSSR count). The van der Waals surface area contributed by atoms with E-state index in [-0.39, 0.29) is 30.3 Å². The molecule has 2 N–H and O–H groups in total. The first-order valence-corrected chi connectivity index (χ1v) is 8.57. The number of nitrogens with one attached hydrogen (secondary N) is 1. The Morgan fingerprint density at radius 2 is 2.12 bits per heavy atom. The van der Waals surface area contributed by atoms with Gasteiger partial charge >= 0.3 is 0 Å². The van der Waals surface area contributed by atoms with Crippen LogP contribution in [0.2, 0.25) is 0 Å². The van der Waals surface area contributed by atoms with Gasteiger partial charge < -0.3 is 14.8 Å². The summed E-state index contributed by atoms with van der Waals surface area (Å²) in [6.45, 7) is 8.95. The van der Waals surface area contributed by atoms with Crippen LogP contribution < -0.4 is 0 Å². The maximum Gasteiger partial charge on any atom is 0.196 e. The SMILES string of the molecule is CC(=O)c1c(C)[nH]c(C(=O)[C@H](C)N2CCC[C@@H](OCCO)C2)c1C. The minimum absolute atomic E-state index is 0.00547. The van der Waals surface area contributed by atoms with Gasteiger partial charge in [-0.15, -0.1) is 0 Å². The summed E-state index contributed by atoms with van der Waals surface area (Å²) in [4.78, 5) is 29.9. The van der Waals surface area contributed by atoms with Crippen LogP contribution in [0.15, 0.2) is 0 Å². The Balaban J connectivity index is 2.12. The van der Waals surface area contributed by atoms with Gasteiger partial charge in [-0.2, -0.15) is 0 Å². The Morgan fingerprint density at radius 3 is 2.71 bits per heavy atom. The number of nitrogens with zero attached hydrogens (tertiary/aromatic N) is 1. The predicted octanol–water partition coefficient (Wildman–Crippen LogP) is 1.88. The molecule has 1 saturated heterocycles. The molecule has 1 aromatic rings. The summed E-state index contributed by atoms with van der Waals surface area (Å²) in [5, 5.41) is 8.89. The molecule has 0 saturated carbocycles. The number of aliphatic hydroxyl groups excluding tert-OH is 1. The Labute approximate surface area is 143 Å². The van der Waals surface area contributed by atoms with E-state index in [1.165, 1.54) is 6.92 Å². The molecule has 1 fully saturated rings. The Morgan fingerprint density at radius 1 is 1.42 bits per heavy atom. The van der Waals surface area contributed by atoms with Crippen LogP contribution in [0, 0.1) is 13.8 Å². The van der Waals surface area contributed by atoms with Gasteiger partial charge in [0.15, 0.2) is 11.6 Å². The molecule has 0 aromatic carbocycles. The van der Waals surface area contributed by atoms with Crippen LogP contribution >= 0.6 is 0 Å². The number of hydrogen-bond donors (Lipinski definition) is 2. The zero-order chi connectivity index (χ0) is 17.9. The topological polar surface area (TPSA) is 82.6 Å². The van der Waals surface area contributed by atoms with Crippen LogP contribution in [-0.2, 0) is 4.74 Å². The molecule has 0 radical (unpaired) electrons. The maximum absolute atomic E-state index is 12.9. The smallest absolute Gasteiger partial charge is 0.196 e.